The van der Waals surface area contributed by atoms with Crippen LogP contribution in [0.4, 0.5) is 5.69 Å². The first-order chi connectivity index (χ1) is 9.72. The standard InChI is InChI=1S/C13H19N7/c1-18-6-8-19(9-7-18)10-13-15-16-17-20(13)12-4-2-11(14)3-5-12/h2-5H,6-10,14H2,1H3. The average Bonchev–Trinajstić information content (AvgIpc) is 2.90. The highest BCUT2D eigenvalue weighted by atomic mass is 15.5. The fourth-order valence-corrected chi connectivity index (χ4v) is 2.33. The second kappa shape index (κ2) is 5.56. The lowest BCUT2D eigenvalue weighted by Crippen LogP contribution is -2.44. The van der Waals surface area contributed by atoms with Crippen LogP contribution in [0.2, 0.25) is 0 Å². The Morgan fingerprint density at radius 1 is 1.10 bits per heavy atom. The maximum absolute atomic E-state index is 5.71. The van der Waals surface area contributed by atoms with Crippen LogP contribution in [0.3, 0.4) is 0 Å². The Labute approximate surface area is 118 Å². The Morgan fingerprint density at radius 3 is 2.50 bits per heavy atom. The van der Waals surface area contributed by atoms with Crippen LogP contribution in [0.15, 0.2) is 24.3 Å². The molecule has 1 aliphatic rings. The summed E-state index contributed by atoms with van der Waals surface area (Å²) in [5.74, 6) is 0.860. The average molecular weight is 273 g/mol. The fourth-order valence-electron chi connectivity index (χ4n) is 2.33. The van der Waals surface area contributed by atoms with Crippen molar-refractivity contribution in [3.8, 4) is 5.69 Å². The van der Waals surface area contributed by atoms with E-state index in [2.05, 4.69) is 32.4 Å². The molecule has 0 spiro atoms. The van der Waals surface area contributed by atoms with Crippen LogP contribution in [-0.2, 0) is 6.54 Å². The van der Waals surface area contributed by atoms with Gasteiger partial charge in [0.25, 0.3) is 0 Å². The lowest BCUT2D eigenvalue weighted by Gasteiger charge is -2.31. The van der Waals surface area contributed by atoms with Crippen LogP contribution < -0.4 is 5.73 Å². The van der Waals surface area contributed by atoms with Gasteiger partial charge in [-0.25, -0.2) is 0 Å². The molecule has 1 aromatic heterocycles. The van der Waals surface area contributed by atoms with Crippen molar-refractivity contribution in [3.05, 3.63) is 30.1 Å². The summed E-state index contributed by atoms with van der Waals surface area (Å²) in [6.45, 7) is 5.04. The van der Waals surface area contributed by atoms with Gasteiger partial charge < -0.3 is 10.6 Å². The van der Waals surface area contributed by atoms with Crippen molar-refractivity contribution in [1.29, 1.82) is 0 Å². The lowest BCUT2D eigenvalue weighted by molar-refractivity contribution is 0.144. The Balaban J connectivity index is 1.75. The summed E-state index contributed by atoms with van der Waals surface area (Å²) in [6, 6.07) is 7.58. The van der Waals surface area contributed by atoms with Crippen molar-refractivity contribution < 1.29 is 0 Å². The number of hydrogen-bond acceptors (Lipinski definition) is 6. The van der Waals surface area contributed by atoms with Gasteiger partial charge in [-0.15, -0.1) is 5.10 Å². The summed E-state index contributed by atoms with van der Waals surface area (Å²) in [6.07, 6.45) is 0. The smallest absolute Gasteiger partial charge is 0.170 e. The van der Waals surface area contributed by atoms with Crippen molar-refractivity contribution in [2.45, 2.75) is 6.54 Å². The van der Waals surface area contributed by atoms with E-state index in [0.29, 0.717) is 0 Å². The second-order valence-electron chi connectivity index (χ2n) is 5.18. The van der Waals surface area contributed by atoms with Crippen LogP contribution in [-0.4, -0.2) is 63.2 Å². The second-order valence-corrected chi connectivity index (χ2v) is 5.18. The van der Waals surface area contributed by atoms with Crippen LogP contribution in [0.5, 0.6) is 0 Å². The molecule has 106 valence electrons. The number of rotatable bonds is 3. The molecular formula is C13H19N7. The van der Waals surface area contributed by atoms with Crippen molar-refractivity contribution >= 4 is 5.69 Å². The summed E-state index contributed by atoms with van der Waals surface area (Å²) in [7, 11) is 2.15. The van der Waals surface area contributed by atoms with Crippen LogP contribution in [0.1, 0.15) is 5.82 Å². The maximum Gasteiger partial charge on any atom is 0.170 e. The molecule has 20 heavy (non-hydrogen) atoms. The van der Waals surface area contributed by atoms with Gasteiger partial charge in [0.2, 0.25) is 0 Å². The highest BCUT2D eigenvalue weighted by molar-refractivity contribution is 5.44. The molecule has 1 saturated heterocycles. The van der Waals surface area contributed by atoms with Crippen molar-refractivity contribution in [2.24, 2.45) is 0 Å². The highest BCUT2D eigenvalue weighted by Crippen LogP contribution is 2.12. The zero-order valence-electron chi connectivity index (χ0n) is 11.6. The Kier molecular flexibility index (Phi) is 3.62. The number of hydrogen-bond donors (Lipinski definition) is 1. The van der Waals surface area contributed by atoms with E-state index in [1.54, 1.807) is 4.68 Å². The number of anilines is 1. The number of piperazine rings is 1. The van der Waals surface area contributed by atoms with E-state index in [0.717, 1.165) is 49.9 Å². The molecule has 0 saturated carbocycles. The van der Waals surface area contributed by atoms with E-state index in [-0.39, 0.29) is 0 Å². The van der Waals surface area contributed by atoms with Crippen LogP contribution >= 0.6 is 0 Å². The van der Waals surface area contributed by atoms with Gasteiger partial charge in [0, 0.05) is 31.9 Å². The first-order valence-corrected chi connectivity index (χ1v) is 6.76. The van der Waals surface area contributed by atoms with E-state index in [1.807, 2.05) is 24.3 Å². The maximum atomic E-state index is 5.71. The van der Waals surface area contributed by atoms with E-state index >= 15 is 0 Å². The molecule has 3 rings (SSSR count). The molecule has 7 nitrogen and oxygen atoms in total. The number of nitrogen functional groups attached to an aromatic ring is 1. The van der Waals surface area contributed by atoms with Crippen molar-refractivity contribution in [3.63, 3.8) is 0 Å². The van der Waals surface area contributed by atoms with Crippen molar-refractivity contribution in [1.82, 2.24) is 30.0 Å². The number of aromatic nitrogens is 4. The zero-order valence-corrected chi connectivity index (χ0v) is 11.6. The van der Waals surface area contributed by atoms with Crippen LogP contribution in [0.25, 0.3) is 5.69 Å². The number of tetrazole rings is 1. The number of likely N-dealkylation sites (N-methyl/N-ethyl adjacent to an activating group) is 1. The quantitative estimate of drug-likeness (QED) is 0.793. The van der Waals surface area contributed by atoms with Gasteiger partial charge in [0.05, 0.1) is 12.2 Å². The van der Waals surface area contributed by atoms with Gasteiger partial charge in [-0.1, -0.05) is 0 Å². The van der Waals surface area contributed by atoms with Gasteiger partial charge in [0.15, 0.2) is 5.82 Å². The van der Waals surface area contributed by atoms with E-state index in [1.165, 1.54) is 0 Å². The Bertz CT molecular complexity index is 554. The third kappa shape index (κ3) is 2.78. The van der Waals surface area contributed by atoms with Gasteiger partial charge in [-0.05, 0) is 41.7 Å². The number of nitrogens with zero attached hydrogens (tertiary/aromatic N) is 6. The van der Waals surface area contributed by atoms with E-state index in [9.17, 15) is 0 Å². The normalized spacial score (nSPS) is 17.4. The monoisotopic (exact) mass is 273 g/mol. The first-order valence-electron chi connectivity index (χ1n) is 6.76. The third-order valence-electron chi connectivity index (χ3n) is 3.63. The molecule has 1 fully saturated rings. The largest absolute Gasteiger partial charge is 0.399 e. The molecule has 0 atom stereocenters. The summed E-state index contributed by atoms with van der Waals surface area (Å²) >= 11 is 0. The van der Waals surface area contributed by atoms with E-state index < -0.39 is 0 Å². The third-order valence-corrected chi connectivity index (χ3v) is 3.63. The predicted octanol–water partition coefficient (Wildman–Crippen LogP) is -0.00810. The number of nitrogens with two attached hydrogens (primary N) is 1. The predicted molar refractivity (Wildman–Crippen MR) is 76.3 cm³/mol. The van der Waals surface area contributed by atoms with Crippen LogP contribution in [0, 0.1) is 0 Å². The van der Waals surface area contributed by atoms with Gasteiger partial charge in [-0.3, -0.25) is 4.90 Å². The minimum atomic E-state index is 0.738. The van der Waals surface area contributed by atoms with Gasteiger partial charge in [-0.2, -0.15) is 4.68 Å². The van der Waals surface area contributed by atoms with Gasteiger partial charge >= 0.3 is 0 Å². The minimum Gasteiger partial charge on any atom is -0.399 e. The first kappa shape index (κ1) is 13.0. The van der Waals surface area contributed by atoms with Crippen molar-refractivity contribution in [2.75, 3.05) is 39.0 Å². The molecule has 0 aliphatic carbocycles. The minimum absolute atomic E-state index is 0.738. The summed E-state index contributed by atoms with van der Waals surface area (Å²) in [5.41, 5.74) is 7.38. The molecular weight excluding hydrogens is 254 g/mol. The summed E-state index contributed by atoms with van der Waals surface area (Å²) in [5, 5.41) is 12.0. The summed E-state index contributed by atoms with van der Waals surface area (Å²) < 4.78 is 1.78. The summed E-state index contributed by atoms with van der Waals surface area (Å²) in [4.78, 5) is 4.71. The molecule has 0 radical (unpaired) electrons. The highest BCUT2D eigenvalue weighted by Gasteiger charge is 2.17. The molecule has 2 heterocycles. The molecule has 7 heteroatoms. The molecule has 0 amide bonds. The molecule has 1 aromatic carbocycles. The molecule has 2 N–H and O–H groups in total. The molecule has 2 aromatic rings. The molecule has 0 unspecified atom stereocenters. The number of benzene rings is 1. The zero-order chi connectivity index (χ0) is 13.9. The Hall–Kier alpha value is -1.99. The lowest BCUT2D eigenvalue weighted by atomic mass is 10.3. The van der Waals surface area contributed by atoms with E-state index in [4.69, 9.17) is 5.73 Å². The molecule has 0 bridgehead atoms. The molecule has 1 aliphatic heterocycles. The van der Waals surface area contributed by atoms with Gasteiger partial charge in [0.1, 0.15) is 0 Å². The Morgan fingerprint density at radius 2 is 1.80 bits per heavy atom. The topological polar surface area (TPSA) is 76.1 Å². The fraction of sp³-hybridized carbons (Fsp3) is 0.462. The SMILES string of the molecule is CN1CCN(Cc2nnnn2-c2ccc(N)cc2)CC1.